The van der Waals surface area contributed by atoms with E-state index >= 15 is 0 Å². The van der Waals surface area contributed by atoms with E-state index in [-0.39, 0.29) is 18.4 Å². The summed E-state index contributed by atoms with van der Waals surface area (Å²) in [5, 5.41) is 2.75. The lowest BCUT2D eigenvalue weighted by molar-refractivity contribution is -0.132. The number of nitrogens with zero attached hydrogens (tertiary/aromatic N) is 2. The summed E-state index contributed by atoms with van der Waals surface area (Å²) in [6, 6.07) is 0. The van der Waals surface area contributed by atoms with Gasteiger partial charge in [-0.15, -0.1) is 0 Å². The summed E-state index contributed by atoms with van der Waals surface area (Å²) in [7, 11) is 3.35. The SMILES string of the molecule is COc1c(C)cnc(CN(C)C(=O)CNC(=O)CC2CCCC2)c1C. The third kappa shape index (κ3) is 5.18. The van der Waals surface area contributed by atoms with Gasteiger partial charge in [0.1, 0.15) is 5.75 Å². The van der Waals surface area contributed by atoms with Gasteiger partial charge in [-0.05, 0) is 32.6 Å². The van der Waals surface area contributed by atoms with E-state index in [4.69, 9.17) is 4.74 Å². The predicted molar refractivity (Wildman–Crippen MR) is 96.3 cm³/mol. The van der Waals surface area contributed by atoms with Crippen molar-refractivity contribution in [1.82, 2.24) is 15.2 Å². The minimum absolute atomic E-state index is 0.0278. The van der Waals surface area contributed by atoms with Crippen molar-refractivity contribution >= 4 is 11.8 Å². The van der Waals surface area contributed by atoms with Crippen LogP contribution in [0.4, 0.5) is 0 Å². The molecule has 1 saturated carbocycles. The molecule has 138 valence electrons. The second-order valence-electron chi connectivity index (χ2n) is 6.93. The first-order valence-electron chi connectivity index (χ1n) is 8.92. The Morgan fingerprint density at radius 1 is 1.32 bits per heavy atom. The van der Waals surface area contributed by atoms with Gasteiger partial charge in [-0.25, -0.2) is 0 Å². The van der Waals surface area contributed by atoms with Crippen molar-refractivity contribution in [3.05, 3.63) is 23.0 Å². The lowest BCUT2D eigenvalue weighted by atomic mass is 10.0. The topological polar surface area (TPSA) is 71.5 Å². The number of hydrogen-bond acceptors (Lipinski definition) is 4. The molecule has 0 bridgehead atoms. The normalized spacial score (nSPS) is 14.4. The van der Waals surface area contributed by atoms with Crippen LogP contribution < -0.4 is 10.1 Å². The second-order valence-corrected chi connectivity index (χ2v) is 6.93. The Morgan fingerprint density at radius 3 is 2.64 bits per heavy atom. The first-order valence-corrected chi connectivity index (χ1v) is 8.92. The van der Waals surface area contributed by atoms with E-state index in [1.54, 1.807) is 25.3 Å². The molecule has 0 atom stereocenters. The Morgan fingerprint density at radius 2 is 2.00 bits per heavy atom. The number of amides is 2. The third-order valence-electron chi connectivity index (χ3n) is 4.95. The third-order valence-corrected chi connectivity index (χ3v) is 4.95. The van der Waals surface area contributed by atoms with Crippen molar-refractivity contribution in [2.75, 3.05) is 20.7 Å². The molecular formula is C19H29N3O3. The number of ether oxygens (including phenoxy) is 1. The summed E-state index contributed by atoms with van der Waals surface area (Å²) in [5.41, 5.74) is 2.71. The van der Waals surface area contributed by atoms with Crippen molar-refractivity contribution in [3.63, 3.8) is 0 Å². The van der Waals surface area contributed by atoms with Gasteiger partial charge in [0.25, 0.3) is 0 Å². The summed E-state index contributed by atoms with van der Waals surface area (Å²) in [4.78, 5) is 30.2. The van der Waals surface area contributed by atoms with Gasteiger partial charge in [0.2, 0.25) is 11.8 Å². The maximum absolute atomic E-state index is 12.3. The largest absolute Gasteiger partial charge is 0.496 e. The zero-order chi connectivity index (χ0) is 18.4. The number of pyridine rings is 1. The van der Waals surface area contributed by atoms with Gasteiger partial charge in [-0.3, -0.25) is 14.6 Å². The van der Waals surface area contributed by atoms with Gasteiger partial charge < -0.3 is 15.0 Å². The lowest BCUT2D eigenvalue weighted by Gasteiger charge is -2.20. The molecule has 0 unspecified atom stereocenters. The van der Waals surface area contributed by atoms with Gasteiger partial charge in [0.15, 0.2) is 0 Å². The molecule has 6 heteroatoms. The van der Waals surface area contributed by atoms with E-state index in [1.807, 2.05) is 13.8 Å². The van der Waals surface area contributed by atoms with Crippen molar-refractivity contribution in [2.45, 2.75) is 52.5 Å². The molecule has 0 saturated heterocycles. The van der Waals surface area contributed by atoms with E-state index in [0.717, 1.165) is 35.4 Å². The highest BCUT2D eigenvalue weighted by Gasteiger charge is 2.19. The molecule has 1 aliphatic carbocycles. The highest BCUT2D eigenvalue weighted by molar-refractivity contribution is 5.84. The summed E-state index contributed by atoms with van der Waals surface area (Å²) in [5.74, 6) is 1.14. The minimum Gasteiger partial charge on any atom is -0.496 e. The van der Waals surface area contributed by atoms with Crippen LogP contribution in [-0.4, -0.2) is 42.4 Å². The Labute approximate surface area is 150 Å². The minimum atomic E-state index is -0.125. The van der Waals surface area contributed by atoms with Crippen LogP contribution in [0.3, 0.4) is 0 Å². The van der Waals surface area contributed by atoms with Gasteiger partial charge >= 0.3 is 0 Å². The van der Waals surface area contributed by atoms with Crippen LogP contribution in [0.15, 0.2) is 6.20 Å². The predicted octanol–water partition coefficient (Wildman–Crippen LogP) is 2.36. The molecule has 1 fully saturated rings. The lowest BCUT2D eigenvalue weighted by Crippen LogP contribution is -2.38. The number of hydrogen-bond donors (Lipinski definition) is 1. The first-order chi connectivity index (χ1) is 11.9. The number of aryl methyl sites for hydroxylation is 1. The molecule has 0 aromatic carbocycles. The summed E-state index contributed by atoms with van der Waals surface area (Å²) >= 11 is 0. The zero-order valence-electron chi connectivity index (χ0n) is 15.7. The molecule has 1 heterocycles. The Hall–Kier alpha value is -2.11. The highest BCUT2D eigenvalue weighted by Crippen LogP contribution is 2.27. The zero-order valence-corrected chi connectivity index (χ0v) is 15.7. The number of aromatic nitrogens is 1. The molecule has 1 aliphatic rings. The van der Waals surface area contributed by atoms with Gasteiger partial charge in [-0.1, -0.05) is 12.8 Å². The van der Waals surface area contributed by atoms with Crippen molar-refractivity contribution < 1.29 is 14.3 Å². The van der Waals surface area contributed by atoms with Gasteiger partial charge in [0.05, 0.1) is 25.9 Å². The Bertz CT molecular complexity index is 625. The molecule has 1 aromatic rings. The van der Waals surface area contributed by atoms with Crippen molar-refractivity contribution in [2.24, 2.45) is 5.92 Å². The molecule has 0 radical (unpaired) electrons. The van der Waals surface area contributed by atoms with Crippen LogP contribution in [0, 0.1) is 19.8 Å². The van der Waals surface area contributed by atoms with Crippen LogP contribution in [0.1, 0.15) is 48.9 Å². The summed E-state index contributed by atoms with van der Waals surface area (Å²) in [6.07, 6.45) is 6.97. The molecule has 0 aliphatic heterocycles. The maximum atomic E-state index is 12.3. The molecule has 6 nitrogen and oxygen atoms in total. The molecular weight excluding hydrogens is 318 g/mol. The fraction of sp³-hybridized carbons (Fsp3) is 0.632. The molecule has 2 rings (SSSR count). The molecule has 0 spiro atoms. The van der Waals surface area contributed by atoms with Crippen LogP contribution in [0.2, 0.25) is 0 Å². The first kappa shape index (κ1) is 19.2. The average Bonchev–Trinajstić information content (AvgIpc) is 3.08. The maximum Gasteiger partial charge on any atom is 0.242 e. The Kier molecular flexibility index (Phi) is 6.79. The van der Waals surface area contributed by atoms with Crippen LogP contribution in [0.25, 0.3) is 0 Å². The number of carbonyl (C=O) groups is 2. The monoisotopic (exact) mass is 347 g/mol. The molecule has 1 aromatic heterocycles. The second kappa shape index (κ2) is 8.83. The Balaban J connectivity index is 1.84. The summed E-state index contributed by atoms with van der Waals surface area (Å²) < 4.78 is 5.40. The quantitative estimate of drug-likeness (QED) is 0.822. The number of nitrogens with one attached hydrogen (secondary N) is 1. The van der Waals surface area contributed by atoms with Crippen molar-refractivity contribution in [3.8, 4) is 5.75 Å². The molecule has 2 amide bonds. The van der Waals surface area contributed by atoms with E-state index in [0.29, 0.717) is 18.9 Å². The average molecular weight is 347 g/mol. The molecule has 25 heavy (non-hydrogen) atoms. The van der Waals surface area contributed by atoms with Crippen molar-refractivity contribution in [1.29, 1.82) is 0 Å². The van der Waals surface area contributed by atoms with E-state index in [2.05, 4.69) is 10.3 Å². The van der Waals surface area contributed by atoms with Crippen LogP contribution >= 0.6 is 0 Å². The van der Waals surface area contributed by atoms with E-state index in [9.17, 15) is 9.59 Å². The smallest absolute Gasteiger partial charge is 0.242 e. The summed E-state index contributed by atoms with van der Waals surface area (Å²) in [6.45, 7) is 4.30. The van der Waals surface area contributed by atoms with E-state index in [1.165, 1.54) is 12.8 Å². The number of likely N-dealkylation sites (N-methyl/N-ethyl adjacent to an activating group) is 1. The van der Waals surface area contributed by atoms with Crippen LogP contribution in [0.5, 0.6) is 5.75 Å². The standard InChI is InChI=1S/C19H29N3O3/c1-13-10-20-16(14(2)19(13)25-4)12-22(3)18(24)11-21-17(23)9-15-7-5-6-8-15/h10,15H,5-9,11-12H2,1-4H3,(H,21,23). The fourth-order valence-electron chi connectivity index (χ4n) is 3.40. The van der Waals surface area contributed by atoms with Crippen LogP contribution in [-0.2, 0) is 16.1 Å². The fourth-order valence-corrected chi connectivity index (χ4v) is 3.40. The van der Waals surface area contributed by atoms with Gasteiger partial charge in [-0.2, -0.15) is 0 Å². The van der Waals surface area contributed by atoms with E-state index < -0.39 is 0 Å². The van der Waals surface area contributed by atoms with Gasteiger partial charge in [0, 0.05) is 30.8 Å². The number of rotatable bonds is 7. The molecule has 1 N–H and O–H groups in total. The number of carbonyl (C=O) groups excluding carboxylic acids is 2. The number of methoxy groups -OCH3 is 1. The highest BCUT2D eigenvalue weighted by atomic mass is 16.5.